The Morgan fingerprint density at radius 3 is 2.00 bits per heavy atom. The monoisotopic (exact) mass is 626 g/mol. The molecule has 2 aromatic carbocycles. The van der Waals surface area contributed by atoms with E-state index in [2.05, 4.69) is 0 Å². The minimum absolute atomic E-state index is 0.0563. The second kappa shape index (κ2) is 14.5. The van der Waals surface area contributed by atoms with Crippen molar-refractivity contribution < 1.29 is 78.9 Å². The van der Waals surface area contributed by atoms with Gasteiger partial charge in [0.05, 0.1) is 13.2 Å². The molecule has 2 saturated heterocycles. The molecule has 0 aliphatic carbocycles. The van der Waals surface area contributed by atoms with Gasteiger partial charge in [-0.05, 0) is 18.2 Å². The fraction of sp³-hybridized carbons (Fsp3) is 0.500. The Morgan fingerprint density at radius 1 is 0.750 bits per heavy atom. The molecule has 16 heteroatoms. The van der Waals surface area contributed by atoms with E-state index in [0.717, 1.165) is 6.92 Å². The van der Waals surface area contributed by atoms with Gasteiger partial charge in [0.25, 0.3) is 0 Å². The summed E-state index contributed by atoms with van der Waals surface area (Å²) in [7, 11) is 0. The minimum atomic E-state index is -1.73. The van der Waals surface area contributed by atoms with Crippen LogP contribution in [0.2, 0.25) is 0 Å². The maximum absolute atomic E-state index is 13.2. The van der Waals surface area contributed by atoms with Gasteiger partial charge >= 0.3 is 11.9 Å². The molecule has 44 heavy (non-hydrogen) atoms. The number of rotatable bonds is 10. The Hall–Kier alpha value is -3.58. The first-order valence-electron chi connectivity index (χ1n) is 13.5. The van der Waals surface area contributed by atoms with Gasteiger partial charge in [0, 0.05) is 12.5 Å². The third-order valence-electron chi connectivity index (χ3n) is 7.00. The van der Waals surface area contributed by atoms with E-state index in [1.54, 1.807) is 12.1 Å². The molecule has 0 bridgehead atoms. The van der Waals surface area contributed by atoms with Crippen LogP contribution in [0.4, 0.5) is 0 Å². The number of hydrogen-bond donors (Lipinski definition) is 8. The number of aromatic hydroxyl groups is 1. The molecule has 0 spiro atoms. The number of carbonyl (C=O) groups excluding carboxylic acids is 2. The number of phenols is 1. The molecule has 0 saturated carbocycles. The molecule has 242 valence electrons. The number of esters is 2. The summed E-state index contributed by atoms with van der Waals surface area (Å²) in [5.41, 5.74) is -0.227. The molecular formula is C28H34O16. The summed E-state index contributed by atoms with van der Waals surface area (Å²) in [6, 6.07) is 9.86. The van der Waals surface area contributed by atoms with Crippen molar-refractivity contribution in [2.45, 2.75) is 74.9 Å². The van der Waals surface area contributed by atoms with Crippen LogP contribution in [-0.4, -0.2) is 127 Å². The zero-order chi connectivity index (χ0) is 32.1. The average Bonchev–Trinajstić information content (AvgIpc) is 3.00. The molecule has 2 aromatic rings. The molecule has 0 amide bonds. The standard InChI is InChI=1S/C28H34O16/c1-12(31)40-25-23(36)21(34)18(10-30)44-28(25)42-16-8-4-6-14(32)19(16)26(38)39-11-13-5-2-3-7-15(13)41-27-24(37)22(35)20(33)17(9-29)43-27/h2-8,17-18,20-25,27-30,32-37H,9-11H2,1H3. The molecule has 16 nitrogen and oxygen atoms in total. The van der Waals surface area contributed by atoms with Crippen LogP contribution >= 0.6 is 0 Å². The van der Waals surface area contributed by atoms with Crippen molar-refractivity contribution in [1.82, 2.24) is 0 Å². The van der Waals surface area contributed by atoms with Gasteiger partial charge in [-0.1, -0.05) is 24.3 Å². The van der Waals surface area contributed by atoms with Crippen LogP contribution in [0.5, 0.6) is 17.2 Å². The summed E-state index contributed by atoms with van der Waals surface area (Å²) in [4.78, 5) is 24.8. The van der Waals surface area contributed by atoms with E-state index in [4.69, 9.17) is 28.4 Å². The van der Waals surface area contributed by atoms with E-state index in [1.807, 2.05) is 0 Å². The number of aliphatic hydroxyl groups excluding tert-OH is 7. The minimum Gasteiger partial charge on any atom is -0.507 e. The van der Waals surface area contributed by atoms with Crippen molar-refractivity contribution in [2.75, 3.05) is 13.2 Å². The fourth-order valence-corrected chi connectivity index (χ4v) is 4.66. The second-order valence-electron chi connectivity index (χ2n) is 10.0. The summed E-state index contributed by atoms with van der Waals surface area (Å²) in [5, 5.41) is 80.5. The van der Waals surface area contributed by atoms with Gasteiger partial charge in [0.15, 0.2) is 6.10 Å². The van der Waals surface area contributed by atoms with Crippen molar-refractivity contribution in [1.29, 1.82) is 0 Å². The number of carbonyl (C=O) groups is 2. The third-order valence-corrected chi connectivity index (χ3v) is 7.00. The van der Waals surface area contributed by atoms with E-state index in [0.29, 0.717) is 0 Å². The first-order chi connectivity index (χ1) is 21.0. The molecule has 10 atom stereocenters. The summed E-state index contributed by atoms with van der Waals surface area (Å²) >= 11 is 0. The molecule has 4 rings (SSSR count). The molecule has 2 aliphatic rings. The SMILES string of the molecule is CC(=O)OC1C(Oc2cccc(O)c2C(=O)OCc2ccccc2OC2OC(CO)C(O)C(O)C2O)OC(CO)C(O)C1O. The van der Waals surface area contributed by atoms with Gasteiger partial charge < -0.3 is 69.3 Å². The number of hydrogen-bond acceptors (Lipinski definition) is 16. The van der Waals surface area contributed by atoms with E-state index < -0.39 is 104 Å². The molecular weight excluding hydrogens is 592 g/mol. The van der Waals surface area contributed by atoms with Gasteiger partial charge in [-0.2, -0.15) is 0 Å². The van der Waals surface area contributed by atoms with Gasteiger partial charge in [-0.15, -0.1) is 0 Å². The molecule has 2 fully saturated rings. The maximum atomic E-state index is 13.2. The Kier molecular flexibility index (Phi) is 11.0. The molecule has 2 heterocycles. The Labute approximate surface area is 250 Å². The summed E-state index contributed by atoms with van der Waals surface area (Å²) < 4.78 is 32.7. The van der Waals surface area contributed by atoms with Crippen LogP contribution in [0.1, 0.15) is 22.8 Å². The van der Waals surface area contributed by atoms with Crippen LogP contribution in [0.15, 0.2) is 42.5 Å². The number of benzene rings is 2. The molecule has 0 radical (unpaired) electrons. The quantitative estimate of drug-likeness (QED) is 0.129. The van der Waals surface area contributed by atoms with Crippen molar-refractivity contribution in [3.05, 3.63) is 53.6 Å². The number of ether oxygens (including phenoxy) is 6. The largest absolute Gasteiger partial charge is 0.507 e. The van der Waals surface area contributed by atoms with E-state index in [-0.39, 0.29) is 17.1 Å². The Bertz CT molecular complexity index is 1290. The highest BCUT2D eigenvalue weighted by molar-refractivity contribution is 5.95. The lowest BCUT2D eigenvalue weighted by Crippen LogP contribution is -2.61. The smallest absolute Gasteiger partial charge is 0.346 e. The van der Waals surface area contributed by atoms with Gasteiger partial charge in [-0.25, -0.2) is 4.79 Å². The first kappa shape index (κ1) is 33.3. The zero-order valence-corrected chi connectivity index (χ0v) is 23.3. The molecule has 8 N–H and O–H groups in total. The third kappa shape index (κ3) is 7.20. The number of para-hydroxylation sites is 1. The van der Waals surface area contributed by atoms with Crippen molar-refractivity contribution in [3.63, 3.8) is 0 Å². The highest BCUT2D eigenvalue weighted by Gasteiger charge is 2.48. The fourth-order valence-electron chi connectivity index (χ4n) is 4.66. The average molecular weight is 627 g/mol. The topological polar surface area (TPSA) is 251 Å². The lowest BCUT2D eigenvalue weighted by molar-refractivity contribution is -0.281. The predicted octanol–water partition coefficient (Wildman–Crippen LogP) is -2.32. The molecule has 2 aliphatic heterocycles. The Balaban J connectivity index is 1.51. The second-order valence-corrected chi connectivity index (χ2v) is 10.0. The Morgan fingerprint density at radius 2 is 1.34 bits per heavy atom. The van der Waals surface area contributed by atoms with Crippen molar-refractivity contribution >= 4 is 11.9 Å². The number of aliphatic hydroxyl groups is 7. The van der Waals surface area contributed by atoms with Crippen LogP contribution < -0.4 is 9.47 Å². The summed E-state index contributed by atoms with van der Waals surface area (Å²) in [5.74, 6) is -2.78. The van der Waals surface area contributed by atoms with Gasteiger partial charge in [0.2, 0.25) is 12.6 Å². The first-order valence-corrected chi connectivity index (χ1v) is 13.5. The van der Waals surface area contributed by atoms with Crippen LogP contribution in [0, 0.1) is 0 Å². The van der Waals surface area contributed by atoms with Gasteiger partial charge in [0.1, 0.15) is 72.1 Å². The normalized spacial score (nSPS) is 32.0. The van der Waals surface area contributed by atoms with Crippen molar-refractivity contribution in [2.24, 2.45) is 0 Å². The maximum Gasteiger partial charge on any atom is 0.346 e. The highest BCUT2D eigenvalue weighted by atomic mass is 16.7. The molecule has 10 unspecified atom stereocenters. The lowest BCUT2D eigenvalue weighted by atomic mass is 9.99. The summed E-state index contributed by atoms with van der Waals surface area (Å²) in [6.45, 7) is -0.800. The zero-order valence-electron chi connectivity index (χ0n) is 23.3. The lowest BCUT2D eigenvalue weighted by Gasteiger charge is -2.41. The van der Waals surface area contributed by atoms with Gasteiger partial charge in [-0.3, -0.25) is 4.79 Å². The number of phenolic OH excluding ortho intramolecular Hbond substituents is 1. The predicted molar refractivity (Wildman–Crippen MR) is 142 cm³/mol. The van der Waals surface area contributed by atoms with Crippen molar-refractivity contribution in [3.8, 4) is 17.2 Å². The van der Waals surface area contributed by atoms with E-state index >= 15 is 0 Å². The van der Waals surface area contributed by atoms with E-state index in [1.165, 1.54) is 30.3 Å². The summed E-state index contributed by atoms with van der Waals surface area (Å²) in [6.07, 6.45) is -15.6. The molecule has 0 aromatic heterocycles. The van der Waals surface area contributed by atoms with Crippen LogP contribution in [-0.2, 0) is 30.3 Å². The highest BCUT2D eigenvalue weighted by Crippen LogP contribution is 2.33. The van der Waals surface area contributed by atoms with Crippen LogP contribution in [0.3, 0.4) is 0 Å². The van der Waals surface area contributed by atoms with E-state index in [9.17, 15) is 50.4 Å². The van der Waals surface area contributed by atoms with Crippen LogP contribution in [0.25, 0.3) is 0 Å².